The lowest BCUT2D eigenvalue weighted by Crippen LogP contribution is -2.48. The van der Waals surface area contributed by atoms with Crippen LogP contribution in [0.5, 0.6) is 11.5 Å². The van der Waals surface area contributed by atoms with E-state index in [4.69, 9.17) is 16.3 Å². The highest BCUT2D eigenvalue weighted by Gasteiger charge is 2.25. The number of hydrogen-bond donors (Lipinski definition) is 3. The maximum Gasteiger partial charge on any atom is 0.262 e. The quantitative estimate of drug-likeness (QED) is 0.290. The van der Waals surface area contributed by atoms with Crippen LogP contribution in [0.1, 0.15) is 29.8 Å². The third-order valence-corrected chi connectivity index (χ3v) is 5.17. The molecule has 0 aliphatic heterocycles. The zero-order valence-electron chi connectivity index (χ0n) is 16.1. The molecule has 0 spiro atoms. The number of benzene rings is 2. The van der Waals surface area contributed by atoms with E-state index in [0.717, 1.165) is 0 Å². The van der Waals surface area contributed by atoms with Crippen molar-refractivity contribution < 1.29 is 19.4 Å². The largest absolute Gasteiger partial charge is 0.504 e. The predicted molar refractivity (Wildman–Crippen MR) is 121 cm³/mol. The van der Waals surface area contributed by atoms with Crippen LogP contribution in [0.25, 0.3) is 0 Å². The Morgan fingerprint density at radius 3 is 2.59 bits per heavy atom. The van der Waals surface area contributed by atoms with Gasteiger partial charge in [0, 0.05) is 0 Å². The first-order chi connectivity index (χ1) is 13.7. The Labute approximate surface area is 187 Å². The minimum absolute atomic E-state index is 0.0384. The summed E-state index contributed by atoms with van der Waals surface area (Å²) in [6, 6.07) is 9.09. The molecular formula is C20H21ClIN3O4. The molecule has 9 heteroatoms. The van der Waals surface area contributed by atoms with Crippen LogP contribution in [0.4, 0.5) is 0 Å². The van der Waals surface area contributed by atoms with Gasteiger partial charge < -0.3 is 15.2 Å². The van der Waals surface area contributed by atoms with Crippen molar-refractivity contribution in [3.8, 4) is 11.5 Å². The molecule has 0 saturated carbocycles. The summed E-state index contributed by atoms with van der Waals surface area (Å²) in [7, 11) is 1.45. The van der Waals surface area contributed by atoms with Crippen molar-refractivity contribution in [2.45, 2.75) is 19.9 Å². The molecule has 1 atom stereocenters. The lowest BCUT2D eigenvalue weighted by Gasteiger charge is -2.20. The Bertz CT molecular complexity index is 934. The van der Waals surface area contributed by atoms with Crippen LogP contribution in [-0.4, -0.2) is 36.3 Å². The molecule has 0 heterocycles. The molecule has 0 aromatic heterocycles. The monoisotopic (exact) mass is 529 g/mol. The van der Waals surface area contributed by atoms with Crippen LogP contribution in [-0.2, 0) is 4.79 Å². The van der Waals surface area contributed by atoms with E-state index in [1.807, 2.05) is 36.4 Å². The number of ether oxygens (including phenoxy) is 1. The van der Waals surface area contributed by atoms with Gasteiger partial charge in [0.2, 0.25) is 0 Å². The molecule has 0 radical (unpaired) electrons. The van der Waals surface area contributed by atoms with E-state index in [2.05, 4.69) is 15.8 Å². The summed E-state index contributed by atoms with van der Waals surface area (Å²) < 4.78 is 5.68. The molecule has 2 rings (SSSR count). The van der Waals surface area contributed by atoms with Crippen molar-refractivity contribution in [1.29, 1.82) is 0 Å². The fourth-order valence-corrected chi connectivity index (χ4v) is 3.31. The Morgan fingerprint density at radius 1 is 1.28 bits per heavy atom. The molecule has 2 amide bonds. The molecule has 0 aliphatic carbocycles. The van der Waals surface area contributed by atoms with Crippen LogP contribution in [0, 0.1) is 9.49 Å². The first kappa shape index (κ1) is 23.0. The molecule has 0 aliphatic rings. The van der Waals surface area contributed by atoms with Gasteiger partial charge in [-0.3, -0.25) is 9.59 Å². The molecule has 29 heavy (non-hydrogen) atoms. The van der Waals surface area contributed by atoms with Gasteiger partial charge in [0.1, 0.15) is 6.04 Å². The van der Waals surface area contributed by atoms with Gasteiger partial charge in [-0.2, -0.15) is 5.10 Å². The summed E-state index contributed by atoms with van der Waals surface area (Å²) in [5.74, 6) is -0.733. The fraction of sp³-hybridized carbons (Fsp3) is 0.250. The average molecular weight is 530 g/mol. The van der Waals surface area contributed by atoms with Gasteiger partial charge in [-0.15, -0.1) is 0 Å². The van der Waals surface area contributed by atoms with Crippen LogP contribution < -0.4 is 15.5 Å². The number of nitrogens with zero attached hydrogens (tertiary/aromatic N) is 1. The van der Waals surface area contributed by atoms with E-state index < -0.39 is 17.9 Å². The molecule has 1 unspecified atom stereocenters. The maximum atomic E-state index is 12.5. The number of amides is 2. The third-order valence-electron chi connectivity index (χ3n) is 4.01. The van der Waals surface area contributed by atoms with Gasteiger partial charge in [0.25, 0.3) is 11.8 Å². The van der Waals surface area contributed by atoms with E-state index in [0.29, 0.717) is 25.5 Å². The number of aromatic hydroxyl groups is 1. The van der Waals surface area contributed by atoms with Crippen LogP contribution >= 0.6 is 34.2 Å². The van der Waals surface area contributed by atoms with E-state index in [1.165, 1.54) is 13.3 Å². The first-order valence-electron chi connectivity index (χ1n) is 8.69. The molecule has 2 aromatic rings. The zero-order chi connectivity index (χ0) is 21.6. The minimum atomic E-state index is -0.801. The second kappa shape index (κ2) is 10.4. The lowest BCUT2D eigenvalue weighted by molar-refractivity contribution is -0.123. The standard InChI is InChI=1S/C20H21ClIN3O4/c1-11(2)17(24-19(27)13-6-4-5-7-14(13)21)20(28)25-23-10-12-8-15(22)18(26)16(9-12)29-3/h4-11,17,26H,1-3H3,(H,24,27)(H,25,28). The van der Waals surface area contributed by atoms with E-state index in [1.54, 1.807) is 36.4 Å². The third kappa shape index (κ3) is 6.07. The normalized spacial score (nSPS) is 12.1. The highest BCUT2D eigenvalue weighted by Crippen LogP contribution is 2.31. The molecular weight excluding hydrogens is 509 g/mol. The average Bonchev–Trinajstić information content (AvgIpc) is 2.68. The Hall–Kier alpha value is -2.33. The van der Waals surface area contributed by atoms with E-state index in [-0.39, 0.29) is 11.7 Å². The molecule has 7 nitrogen and oxygen atoms in total. The number of methoxy groups -OCH3 is 1. The molecule has 2 aromatic carbocycles. The molecule has 3 N–H and O–H groups in total. The zero-order valence-corrected chi connectivity index (χ0v) is 19.0. The first-order valence-corrected chi connectivity index (χ1v) is 10.1. The number of phenols is 1. The van der Waals surface area contributed by atoms with Gasteiger partial charge >= 0.3 is 0 Å². The Balaban J connectivity index is 2.08. The van der Waals surface area contributed by atoms with Crippen molar-refractivity contribution in [2.75, 3.05) is 7.11 Å². The number of hydrazone groups is 1. The van der Waals surface area contributed by atoms with Gasteiger partial charge in [-0.05, 0) is 58.3 Å². The number of rotatable bonds is 7. The molecule has 0 bridgehead atoms. The smallest absolute Gasteiger partial charge is 0.262 e. The second-order valence-electron chi connectivity index (χ2n) is 6.46. The minimum Gasteiger partial charge on any atom is -0.504 e. The van der Waals surface area contributed by atoms with Gasteiger partial charge in [-0.25, -0.2) is 5.43 Å². The Kier molecular flexibility index (Phi) is 8.27. The summed E-state index contributed by atoms with van der Waals surface area (Å²) in [6.07, 6.45) is 1.43. The predicted octanol–water partition coefficient (Wildman–Crippen LogP) is 3.56. The number of phenolic OH excluding ortho intramolecular Hbond substituents is 1. The van der Waals surface area contributed by atoms with Gasteiger partial charge in [-0.1, -0.05) is 37.6 Å². The lowest BCUT2D eigenvalue weighted by atomic mass is 10.0. The summed E-state index contributed by atoms with van der Waals surface area (Å²) in [5, 5.41) is 16.8. The Morgan fingerprint density at radius 2 is 1.97 bits per heavy atom. The summed E-state index contributed by atoms with van der Waals surface area (Å²) in [4.78, 5) is 25.0. The molecule has 0 fully saturated rings. The fourth-order valence-electron chi connectivity index (χ4n) is 2.46. The highest BCUT2D eigenvalue weighted by molar-refractivity contribution is 14.1. The number of hydrogen-bond acceptors (Lipinski definition) is 5. The summed E-state index contributed by atoms with van der Waals surface area (Å²) >= 11 is 8.02. The van der Waals surface area contributed by atoms with Gasteiger partial charge in [0.05, 0.1) is 27.5 Å². The van der Waals surface area contributed by atoms with Crippen molar-refractivity contribution >= 4 is 52.2 Å². The van der Waals surface area contributed by atoms with Crippen LogP contribution in [0.3, 0.4) is 0 Å². The summed E-state index contributed by atoms with van der Waals surface area (Å²) in [6.45, 7) is 3.63. The van der Waals surface area contributed by atoms with Gasteiger partial charge in [0.15, 0.2) is 11.5 Å². The SMILES string of the molecule is COc1cc(C=NNC(=O)C(NC(=O)c2ccccc2Cl)C(C)C)cc(I)c1O. The molecule has 154 valence electrons. The number of nitrogens with one attached hydrogen (secondary N) is 2. The molecule has 0 saturated heterocycles. The number of carbonyl (C=O) groups is 2. The topological polar surface area (TPSA) is 100 Å². The maximum absolute atomic E-state index is 12.5. The van der Waals surface area contributed by atoms with E-state index >= 15 is 0 Å². The van der Waals surface area contributed by atoms with Crippen molar-refractivity contribution in [2.24, 2.45) is 11.0 Å². The van der Waals surface area contributed by atoms with E-state index in [9.17, 15) is 14.7 Å². The van der Waals surface area contributed by atoms with Crippen LogP contribution in [0.2, 0.25) is 5.02 Å². The van der Waals surface area contributed by atoms with Crippen molar-refractivity contribution in [1.82, 2.24) is 10.7 Å². The number of halogens is 2. The van der Waals surface area contributed by atoms with Crippen molar-refractivity contribution in [3.63, 3.8) is 0 Å². The second-order valence-corrected chi connectivity index (χ2v) is 8.03. The highest BCUT2D eigenvalue weighted by atomic mass is 127. The number of carbonyl (C=O) groups excluding carboxylic acids is 2. The van der Waals surface area contributed by atoms with Crippen molar-refractivity contribution in [3.05, 3.63) is 56.1 Å². The van der Waals surface area contributed by atoms with Crippen LogP contribution in [0.15, 0.2) is 41.5 Å². The summed E-state index contributed by atoms with van der Waals surface area (Å²) in [5.41, 5.74) is 3.36.